The molecule has 1 aromatic heterocycles. The number of ether oxygens (including phenoxy) is 1. The molecular formula is C18H22N4O2. The highest BCUT2D eigenvalue weighted by atomic mass is 16.5. The number of amides is 1. The van der Waals surface area contributed by atoms with Gasteiger partial charge in [0.1, 0.15) is 5.75 Å². The summed E-state index contributed by atoms with van der Waals surface area (Å²) in [6.45, 7) is 2.99. The van der Waals surface area contributed by atoms with Crippen molar-refractivity contribution in [2.75, 3.05) is 19.0 Å². The van der Waals surface area contributed by atoms with Crippen LogP contribution in [0.1, 0.15) is 35.7 Å². The van der Waals surface area contributed by atoms with E-state index in [2.05, 4.69) is 20.8 Å². The van der Waals surface area contributed by atoms with Crippen molar-refractivity contribution >= 4 is 11.7 Å². The van der Waals surface area contributed by atoms with Gasteiger partial charge in [-0.1, -0.05) is 12.1 Å². The van der Waals surface area contributed by atoms with Gasteiger partial charge in [0.2, 0.25) is 5.91 Å². The lowest BCUT2D eigenvalue weighted by Crippen LogP contribution is -2.18. The molecule has 0 bridgehead atoms. The van der Waals surface area contributed by atoms with Crippen LogP contribution in [0.3, 0.4) is 0 Å². The molecule has 0 radical (unpaired) electrons. The number of nitrogens with one attached hydrogen (secondary N) is 2. The summed E-state index contributed by atoms with van der Waals surface area (Å²) in [7, 11) is 1.63. The minimum Gasteiger partial charge on any atom is -0.496 e. The average molecular weight is 326 g/mol. The number of aryl methyl sites for hydroxylation is 1. The fourth-order valence-electron chi connectivity index (χ4n) is 2.88. The molecule has 126 valence electrons. The Morgan fingerprint density at radius 3 is 2.88 bits per heavy atom. The molecule has 0 aliphatic carbocycles. The van der Waals surface area contributed by atoms with E-state index in [0.29, 0.717) is 5.82 Å². The molecule has 2 aromatic rings. The van der Waals surface area contributed by atoms with E-state index in [1.165, 1.54) is 0 Å². The molecule has 1 atom stereocenters. The first-order chi connectivity index (χ1) is 11.7. The molecule has 2 heterocycles. The van der Waals surface area contributed by atoms with Crippen molar-refractivity contribution in [3.63, 3.8) is 0 Å². The number of rotatable bonds is 5. The van der Waals surface area contributed by atoms with E-state index in [4.69, 9.17) is 4.74 Å². The third-order valence-electron chi connectivity index (χ3n) is 4.21. The van der Waals surface area contributed by atoms with Crippen molar-refractivity contribution in [1.29, 1.82) is 0 Å². The Bertz CT molecular complexity index is 709. The zero-order valence-corrected chi connectivity index (χ0v) is 14.0. The summed E-state index contributed by atoms with van der Waals surface area (Å²) >= 11 is 0. The van der Waals surface area contributed by atoms with Crippen molar-refractivity contribution in [3.05, 3.63) is 47.2 Å². The van der Waals surface area contributed by atoms with Crippen molar-refractivity contribution in [3.8, 4) is 5.75 Å². The lowest BCUT2D eigenvalue weighted by atomic mass is 10.1. The Labute approximate surface area is 141 Å². The number of nitrogens with zero attached hydrogens (tertiary/aromatic N) is 2. The van der Waals surface area contributed by atoms with Crippen molar-refractivity contribution in [2.45, 2.75) is 32.2 Å². The van der Waals surface area contributed by atoms with Gasteiger partial charge in [0.05, 0.1) is 25.3 Å². The van der Waals surface area contributed by atoms with Gasteiger partial charge >= 0.3 is 0 Å². The van der Waals surface area contributed by atoms with Gasteiger partial charge in [0, 0.05) is 0 Å². The summed E-state index contributed by atoms with van der Waals surface area (Å²) in [6, 6.07) is 9.76. The minimum absolute atomic E-state index is 0.123. The van der Waals surface area contributed by atoms with E-state index in [0.717, 1.165) is 42.0 Å². The van der Waals surface area contributed by atoms with Gasteiger partial charge in [-0.2, -0.15) is 5.10 Å². The number of hydrogen-bond acceptors (Lipinski definition) is 5. The molecular weight excluding hydrogens is 304 g/mol. The van der Waals surface area contributed by atoms with Crippen LogP contribution in [0, 0.1) is 6.92 Å². The summed E-state index contributed by atoms with van der Waals surface area (Å²) < 4.78 is 5.29. The minimum atomic E-state index is -0.123. The highest BCUT2D eigenvalue weighted by Crippen LogP contribution is 2.21. The molecule has 1 aromatic carbocycles. The maximum absolute atomic E-state index is 12.2. The molecule has 1 amide bonds. The fourth-order valence-corrected chi connectivity index (χ4v) is 2.88. The summed E-state index contributed by atoms with van der Waals surface area (Å²) in [4.78, 5) is 12.2. The number of carbonyl (C=O) groups is 1. The quantitative estimate of drug-likeness (QED) is 0.882. The molecule has 3 rings (SSSR count). The molecule has 1 aliphatic heterocycles. The van der Waals surface area contributed by atoms with Gasteiger partial charge in [-0.3, -0.25) is 4.79 Å². The van der Waals surface area contributed by atoms with Crippen molar-refractivity contribution < 1.29 is 9.53 Å². The van der Waals surface area contributed by atoms with Crippen LogP contribution in [0.5, 0.6) is 5.75 Å². The van der Waals surface area contributed by atoms with E-state index in [1.807, 2.05) is 31.2 Å². The van der Waals surface area contributed by atoms with Gasteiger partial charge in [-0.15, -0.1) is 5.10 Å². The molecule has 6 heteroatoms. The monoisotopic (exact) mass is 326 g/mol. The number of hydrogen-bond donors (Lipinski definition) is 2. The molecule has 6 nitrogen and oxygen atoms in total. The zero-order valence-electron chi connectivity index (χ0n) is 14.0. The number of anilines is 1. The maximum atomic E-state index is 12.2. The Hall–Kier alpha value is -2.47. The molecule has 1 saturated heterocycles. The third kappa shape index (κ3) is 3.89. The normalized spacial score (nSPS) is 16.8. The number of benzene rings is 1. The second kappa shape index (κ2) is 7.40. The summed E-state index contributed by atoms with van der Waals surface area (Å²) in [5.74, 6) is 1.14. The number of methoxy groups -OCH3 is 1. The van der Waals surface area contributed by atoms with Crippen LogP contribution in [0.4, 0.5) is 5.82 Å². The molecule has 0 saturated carbocycles. The van der Waals surface area contributed by atoms with Crippen LogP contribution in [-0.2, 0) is 11.2 Å². The number of carbonyl (C=O) groups excluding carboxylic acids is 1. The van der Waals surface area contributed by atoms with Gasteiger partial charge in [0.25, 0.3) is 0 Å². The third-order valence-corrected chi connectivity index (χ3v) is 4.21. The summed E-state index contributed by atoms with van der Waals surface area (Å²) in [6.07, 6.45) is 2.50. The van der Waals surface area contributed by atoms with Crippen LogP contribution in [-0.4, -0.2) is 29.8 Å². The molecule has 1 unspecified atom stereocenters. The molecule has 24 heavy (non-hydrogen) atoms. The van der Waals surface area contributed by atoms with E-state index in [9.17, 15) is 4.79 Å². The van der Waals surface area contributed by atoms with E-state index >= 15 is 0 Å². The Morgan fingerprint density at radius 2 is 2.21 bits per heavy atom. The molecule has 1 aliphatic rings. The van der Waals surface area contributed by atoms with E-state index in [-0.39, 0.29) is 18.4 Å². The maximum Gasteiger partial charge on any atom is 0.229 e. The first-order valence-electron chi connectivity index (χ1n) is 8.16. The second-order valence-electron chi connectivity index (χ2n) is 6.02. The highest BCUT2D eigenvalue weighted by molar-refractivity contribution is 5.91. The Balaban J connectivity index is 1.60. The topological polar surface area (TPSA) is 76.1 Å². The smallest absolute Gasteiger partial charge is 0.229 e. The van der Waals surface area contributed by atoms with Crippen molar-refractivity contribution in [1.82, 2.24) is 15.5 Å². The van der Waals surface area contributed by atoms with Crippen LogP contribution >= 0.6 is 0 Å². The Kier molecular flexibility index (Phi) is 5.05. The molecule has 0 spiro atoms. The average Bonchev–Trinajstić information content (AvgIpc) is 3.12. The Morgan fingerprint density at radius 1 is 1.33 bits per heavy atom. The van der Waals surface area contributed by atoms with Gasteiger partial charge in [0.15, 0.2) is 5.82 Å². The standard InChI is InChI=1S/C18H22N4O2/c1-12-5-6-13(10-16(12)24-2)11-18(23)20-17-8-7-15(21-22-17)14-4-3-9-19-14/h5-8,10,14,19H,3-4,9,11H2,1-2H3,(H,20,22,23). The first kappa shape index (κ1) is 16.4. The van der Waals surface area contributed by atoms with Crippen LogP contribution in [0.15, 0.2) is 30.3 Å². The molecule has 2 N–H and O–H groups in total. The summed E-state index contributed by atoms with van der Waals surface area (Å²) in [5, 5.41) is 14.5. The fraction of sp³-hybridized carbons (Fsp3) is 0.389. The lowest BCUT2D eigenvalue weighted by molar-refractivity contribution is -0.115. The predicted octanol–water partition coefficient (Wildman–Crippen LogP) is 2.40. The van der Waals surface area contributed by atoms with Crippen molar-refractivity contribution in [2.24, 2.45) is 0 Å². The SMILES string of the molecule is COc1cc(CC(=O)Nc2ccc(C3CCCN3)nn2)ccc1C. The van der Waals surface area contributed by atoms with Gasteiger partial charge < -0.3 is 15.4 Å². The molecule has 1 fully saturated rings. The van der Waals surface area contributed by atoms with E-state index in [1.54, 1.807) is 13.2 Å². The second-order valence-corrected chi connectivity index (χ2v) is 6.02. The lowest BCUT2D eigenvalue weighted by Gasteiger charge is -2.10. The first-order valence-corrected chi connectivity index (χ1v) is 8.16. The van der Waals surface area contributed by atoms with E-state index < -0.39 is 0 Å². The largest absolute Gasteiger partial charge is 0.496 e. The zero-order chi connectivity index (χ0) is 16.9. The van der Waals surface area contributed by atoms with Gasteiger partial charge in [-0.05, 0) is 55.6 Å². The predicted molar refractivity (Wildman–Crippen MR) is 92.1 cm³/mol. The highest BCUT2D eigenvalue weighted by Gasteiger charge is 2.17. The van der Waals surface area contributed by atoms with Gasteiger partial charge in [-0.25, -0.2) is 0 Å². The summed E-state index contributed by atoms with van der Waals surface area (Å²) in [5.41, 5.74) is 2.87. The van der Waals surface area contributed by atoms with Crippen LogP contribution in [0.25, 0.3) is 0 Å². The van der Waals surface area contributed by atoms with Crippen LogP contribution < -0.4 is 15.4 Å². The number of aromatic nitrogens is 2. The van der Waals surface area contributed by atoms with Crippen LogP contribution in [0.2, 0.25) is 0 Å².